The van der Waals surface area contributed by atoms with Gasteiger partial charge in [-0.1, -0.05) is 36.4 Å². The Bertz CT molecular complexity index is 690. The molecule has 21 heavy (non-hydrogen) atoms. The summed E-state index contributed by atoms with van der Waals surface area (Å²) >= 11 is 0. The minimum Gasteiger partial charge on any atom is -0.493 e. The van der Waals surface area contributed by atoms with Gasteiger partial charge in [0, 0.05) is 12.0 Å². The zero-order valence-electron chi connectivity index (χ0n) is 12.0. The van der Waals surface area contributed by atoms with Crippen molar-refractivity contribution in [1.82, 2.24) is 4.98 Å². The normalized spacial score (nSPS) is 10.5. The maximum absolute atomic E-state index is 5.74. The summed E-state index contributed by atoms with van der Waals surface area (Å²) in [7, 11) is 0. The fourth-order valence-corrected chi connectivity index (χ4v) is 2.15. The summed E-state index contributed by atoms with van der Waals surface area (Å²) in [6, 6.07) is 19.7. The lowest BCUT2D eigenvalue weighted by atomic mass is 10.2. The summed E-state index contributed by atoms with van der Waals surface area (Å²) < 4.78 is 11.4. The summed E-state index contributed by atoms with van der Waals surface area (Å²) in [5, 5.41) is 0. The minimum atomic E-state index is 0.589. The Kier molecular flexibility index (Phi) is 4.01. The zero-order chi connectivity index (χ0) is 14.5. The Balaban J connectivity index is 1.65. The standard InChI is InChI=1S/C18H17NO2/c1-14-17(12-13-20-16-10-6-3-7-11-16)19-18(21-14)15-8-4-2-5-9-15/h2-11H,12-13H2,1H3. The third-order valence-electron chi connectivity index (χ3n) is 3.26. The van der Waals surface area contributed by atoms with E-state index >= 15 is 0 Å². The van der Waals surface area contributed by atoms with Gasteiger partial charge in [0.25, 0.3) is 0 Å². The summed E-state index contributed by atoms with van der Waals surface area (Å²) in [5.41, 5.74) is 1.95. The van der Waals surface area contributed by atoms with E-state index in [1.807, 2.05) is 67.6 Å². The van der Waals surface area contributed by atoms with Crippen LogP contribution in [0.1, 0.15) is 11.5 Å². The first-order chi connectivity index (χ1) is 10.3. The van der Waals surface area contributed by atoms with Gasteiger partial charge in [0.1, 0.15) is 11.5 Å². The Morgan fingerprint density at radius 3 is 2.33 bits per heavy atom. The van der Waals surface area contributed by atoms with E-state index in [1.54, 1.807) is 0 Å². The van der Waals surface area contributed by atoms with Gasteiger partial charge in [-0.05, 0) is 31.2 Å². The number of ether oxygens (including phenoxy) is 1. The molecule has 2 aromatic carbocycles. The smallest absolute Gasteiger partial charge is 0.226 e. The van der Waals surface area contributed by atoms with Crippen LogP contribution in [0.25, 0.3) is 11.5 Å². The number of para-hydroxylation sites is 1. The molecule has 0 aliphatic heterocycles. The van der Waals surface area contributed by atoms with E-state index < -0.39 is 0 Å². The van der Waals surface area contributed by atoms with Crippen molar-refractivity contribution in [3.8, 4) is 17.2 Å². The Morgan fingerprint density at radius 2 is 1.62 bits per heavy atom. The van der Waals surface area contributed by atoms with Gasteiger partial charge in [-0.2, -0.15) is 0 Å². The first-order valence-electron chi connectivity index (χ1n) is 7.02. The first-order valence-corrected chi connectivity index (χ1v) is 7.02. The Labute approximate surface area is 124 Å². The number of hydrogen-bond donors (Lipinski definition) is 0. The summed E-state index contributed by atoms with van der Waals surface area (Å²) in [4.78, 5) is 4.56. The maximum atomic E-state index is 5.74. The number of oxazole rings is 1. The highest BCUT2D eigenvalue weighted by Gasteiger charge is 2.11. The molecule has 0 spiro atoms. The fourth-order valence-electron chi connectivity index (χ4n) is 2.15. The van der Waals surface area contributed by atoms with Crippen molar-refractivity contribution in [2.45, 2.75) is 13.3 Å². The highest BCUT2D eigenvalue weighted by atomic mass is 16.5. The molecule has 0 atom stereocenters. The molecule has 1 aromatic heterocycles. The van der Waals surface area contributed by atoms with E-state index in [1.165, 1.54) is 0 Å². The number of nitrogens with zero attached hydrogens (tertiary/aromatic N) is 1. The molecule has 3 nitrogen and oxygen atoms in total. The van der Waals surface area contributed by atoms with E-state index in [0.29, 0.717) is 12.5 Å². The summed E-state index contributed by atoms with van der Waals surface area (Å²) in [6.45, 7) is 2.53. The average Bonchev–Trinajstić information content (AvgIpc) is 2.91. The van der Waals surface area contributed by atoms with Crippen molar-refractivity contribution in [1.29, 1.82) is 0 Å². The molecule has 0 aliphatic rings. The van der Waals surface area contributed by atoms with Crippen LogP contribution in [-0.2, 0) is 6.42 Å². The Morgan fingerprint density at radius 1 is 0.952 bits per heavy atom. The third-order valence-corrected chi connectivity index (χ3v) is 3.26. The highest BCUT2D eigenvalue weighted by Crippen LogP contribution is 2.21. The number of rotatable bonds is 5. The number of aromatic nitrogens is 1. The molecule has 0 bridgehead atoms. The zero-order valence-corrected chi connectivity index (χ0v) is 12.0. The number of aryl methyl sites for hydroxylation is 1. The topological polar surface area (TPSA) is 35.3 Å². The molecule has 0 unspecified atom stereocenters. The molecule has 0 saturated carbocycles. The van der Waals surface area contributed by atoms with Crippen molar-refractivity contribution in [2.75, 3.05) is 6.61 Å². The molecule has 0 amide bonds. The van der Waals surface area contributed by atoms with E-state index in [0.717, 1.165) is 29.2 Å². The van der Waals surface area contributed by atoms with E-state index in [9.17, 15) is 0 Å². The second kappa shape index (κ2) is 6.27. The van der Waals surface area contributed by atoms with Gasteiger partial charge in [-0.3, -0.25) is 0 Å². The SMILES string of the molecule is Cc1oc(-c2ccccc2)nc1CCOc1ccccc1. The number of hydrogen-bond acceptors (Lipinski definition) is 3. The number of benzene rings is 2. The first kappa shape index (κ1) is 13.4. The van der Waals surface area contributed by atoms with Crippen molar-refractivity contribution in [3.05, 3.63) is 72.1 Å². The van der Waals surface area contributed by atoms with Crippen molar-refractivity contribution in [2.24, 2.45) is 0 Å². The van der Waals surface area contributed by atoms with Crippen LogP contribution in [-0.4, -0.2) is 11.6 Å². The minimum absolute atomic E-state index is 0.589. The molecular weight excluding hydrogens is 262 g/mol. The second-order valence-corrected chi connectivity index (χ2v) is 4.80. The average molecular weight is 279 g/mol. The molecule has 0 fully saturated rings. The lowest BCUT2D eigenvalue weighted by molar-refractivity contribution is 0.320. The summed E-state index contributed by atoms with van der Waals surface area (Å²) in [5.74, 6) is 2.40. The highest BCUT2D eigenvalue weighted by molar-refractivity contribution is 5.53. The van der Waals surface area contributed by atoms with Gasteiger partial charge < -0.3 is 9.15 Å². The van der Waals surface area contributed by atoms with Gasteiger partial charge in [-0.15, -0.1) is 0 Å². The molecule has 0 saturated heterocycles. The van der Waals surface area contributed by atoms with Gasteiger partial charge in [0.15, 0.2) is 0 Å². The molecule has 3 heteroatoms. The van der Waals surface area contributed by atoms with Crippen LogP contribution in [0.4, 0.5) is 0 Å². The fraction of sp³-hybridized carbons (Fsp3) is 0.167. The molecule has 0 N–H and O–H groups in total. The van der Waals surface area contributed by atoms with Crippen LogP contribution in [0.5, 0.6) is 5.75 Å². The monoisotopic (exact) mass is 279 g/mol. The lowest BCUT2D eigenvalue weighted by Gasteiger charge is -2.04. The van der Waals surface area contributed by atoms with Crippen LogP contribution in [0.2, 0.25) is 0 Å². The predicted molar refractivity (Wildman–Crippen MR) is 82.3 cm³/mol. The predicted octanol–water partition coefficient (Wildman–Crippen LogP) is 4.27. The molecule has 0 radical (unpaired) electrons. The third kappa shape index (κ3) is 3.31. The van der Waals surface area contributed by atoms with Gasteiger partial charge in [-0.25, -0.2) is 4.98 Å². The second-order valence-electron chi connectivity index (χ2n) is 4.80. The van der Waals surface area contributed by atoms with E-state index in [-0.39, 0.29) is 0 Å². The quantitative estimate of drug-likeness (QED) is 0.699. The molecule has 106 valence electrons. The van der Waals surface area contributed by atoms with Crippen LogP contribution in [0.3, 0.4) is 0 Å². The largest absolute Gasteiger partial charge is 0.493 e. The van der Waals surface area contributed by atoms with Gasteiger partial charge in [0.05, 0.1) is 12.3 Å². The summed E-state index contributed by atoms with van der Waals surface area (Å²) in [6.07, 6.45) is 0.733. The van der Waals surface area contributed by atoms with Crippen LogP contribution in [0.15, 0.2) is 65.1 Å². The van der Waals surface area contributed by atoms with Gasteiger partial charge in [0.2, 0.25) is 5.89 Å². The van der Waals surface area contributed by atoms with Crippen LogP contribution < -0.4 is 4.74 Å². The maximum Gasteiger partial charge on any atom is 0.226 e. The van der Waals surface area contributed by atoms with Crippen molar-refractivity contribution in [3.63, 3.8) is 0 Å². The van der Waals surface area contributed by atoms with Crippen LogP contribution in [0, 0.1) is 6.92 Å². The Hall–Kier alpha value is -2.55. The molecule has 3 aromatic rings. The van der Waals surface area contributed by atoms with Crippen LogP contribution >= 0.6 is 0 Å². The van der Waals surface area contributed by atoms with Gasteiger partial charge >= 0.3 is 0 Å². The van der Waals surface area contributed by atoms with Crippen molar-refractivity contribution >= 4 is 0 Å². The van der Waals surface area contributed by atoms with E-state index in [2.05, 4.69) is 4.98 Å². The molecular formula is C18H17NO2. The molecule has 0 aliphatic carbocycles. The van der Waals surface area contributed by atoms with E-state index in [4.69, 9.17) is 9.15 Å². The molecule has 3 rings (SSSR count). The molecule has 1 heterocycles. The lowest BCUT2D eigenvalue weighted by Crippen LogP contribution is -2.02. The van der Waals surface area contributed by atoms with Crippen molar-refractivity contribution < 1.29 is 9.15 Å².